The Kier molecular flexibility index (Phi) is 63.2. The predicted molar refractivity (Wildman–Crippen MR) is 335 cm³/mol. The van der Waals surface area contributed by atoms with E-state index in [9.17, 15) is 14.4 Å². The van der Waals surface area contributed by atoms with Crippen LogP contribution in [0.15, 0.2) is 60.8 Å². The minimum atomic E-state index is -0.783. The van der Waals surface area contributed by atoms with Gasteiger partial charge >= 0.3 is 17.9 Å². The maximum absolute atomic E-state index is 12.9. The van der Waals surface area contributed by atoms with Crippen molar-refractivity contribution in [1.29, 1.82) is 0 Å². The van der Waals surface area contributed by atoms with Crippen molar-refractivity contribution in [1.82, 2.24) is 0 Å². The fourth-order valence-electron chi connectivity index (χ4n) is 9.86. The number of hydrogen-bond acceptors (Lipinski definition) is 6. The van der Waals surface area contributed by atoms with E-state index < -0.39 is 6.10 Å². The summed E-state index contributed by atoms with van der Waals surface area (Å²) in [7, 11) is 0. The fourth-order valence-corrected chi connectivity index (χ4v) is 9.86. The number of carbonyl (C=O) groups excluding carboxylic acids is 3. The molecule has 0 aliphatic carbocycles. The maximum atomic E-state index is 12.9. The lowest BCUT2D eigenvalue weighted by molar-refractivity contribution is -0.167. The van der Waals surface area contributed by atoms with Crippen molar-refractivity contribution in [2.75, 3.05) is 13.2 Å². The lowest BCUT2D eigenvalue weighted by Crippen LogP contribution is -2.30. The third-order valence-corrected chi connectivity index (χ3v) is 14.9. The summed E-state index contributed by atoms with van der Waals surface area (Å²) in [5, 5.41) is 0. The van der Waals surface area contributed by atoms with Crippen LogP contribution in [0, 0.1) is 0 Å². The smallest absolute Gasteiger partial charge is 0.306 e. The Hall–Kier alpha value is -2.89. The number of ether oxygens (including phenoxy) is 3. The van der Waals surface area contributed by atoms with Crippen LogP contribution in [0.5, 0.6) is 0 Å². The van der Waals surface area contributed by atoms with Crippen LogP contribution in [-0.2, 0) is 28.6 Å². The summed E-state index contributed by atoms with van der Waals surface area (Å²) in [5.41, 5.74) is 0. The highest BCUT2D eigenvalue weighted by molar-refractivity contribution is 5.71. The molecule has 0 rings (SSSR count). The summed E-state index contributed by atoms with van der Waals surface area (Å²) in [6, 6.07) is 0. The number of carbonyl (C=O) groups is 3. The van der Waals surface area contributed by atoms with E-state index in [2.05, 4.69) is 81.5 Å². The van der Waals surface area contributed by atoms with Gasteiger partial charge in [-0.3, -0.25) is 14.4 Å². The van der Waals surface area contributed by atoms with Crippen LogP contribution < -0.4 is 0 Å². The zero-order valence-electron chi connectivity index (χ0n) is 51.5. The van der Waals surface area contributed by atoms with Crippen molar-refractivity contribution in [3.8, 4) is 0 Å². The molecule has 0 saturated carbocycles. The van der Waals surface area contributed by atoms with Gasteiger partial charge in [-0.15, -0.1) is 0 Å². The molecule has 0 aliphatic heterocycles. The van der Waals surface area contributed by atoms with Gasteiger partial charge in [0.2, 0.25) is 0 Å². The molecule has 6 nitrogen and oxygen atoms in total. The highest BCUT2D eigenvalue weighted by Crippen LogP contribution is 2.17. The van der Waals surface area contributed by atoms with Gasteiger partial charge in [0.25, 0.3) is 0 Å². The largest absolute Gasteiger partial charge is 0.462 e. The summed E-state index contributed by atoms with van der Waals surface area (Å²) in [6.07, 6.45) is 84.0. The third-order valence-electron chi connectivity index (χ3n) is 14.9. The first-order valence-corrected chi connectivity index (χ1v) is 33.8. The van der Waals surface area contributed by atoms with E-state index in [0.717, 1.165) is 103 Å². The first-order chi connectivity index (χ1) is 38.0. The molecule has 1 unspecified atom stereocenters. The molecule has 0 radical (unpaired) electrons. The topological polar surface area (TPSA) is 78.9 Å². The zero-order valence-corrected chi connectivity index (χ0v) is 51.5. The van der Waals surface area contributed by atoms with Gasteiger partial charge in [0, 0.05) is 19.3 Å². The second-order valence-electron chi connectivity index (χ2n) is 22.7. The number of esters is 3. The van der Waals surface area contributed by atoms with Crippen molar-refractivity contribution in [2.45, 2.75) is 361 Å². The molecule has 0 N–H and O–H groups in total. The molecule has 0 amide bonds. The molecule has 0 fully saturated rings. The monoisotopic (exact) mass is 1080 g/mol. The number of allylic oxidation sites excluding steroid dienone is 10. The van der Waals surface area contributed by atoms with Crippen LogP contribution in [0.1, 0.15) is 355 Å². The number of unbranched alkanes of at least 4 members (excludes halogenated alkanes) is 41. The molecular formula is C71H128O6. The Morgan fingerprint density at radius 1 is 0.260 bits per heavy atom. The average Bonchev–Trinajstić information content (AvgIpc) is 3.43. The molecule has 0 aliphatic rings. The van der Waals surface area contributed by atoms with Crippen LogP contribution in [0.25, 0.3) is 0 Å². The average molecular weight is 1080 g/mol. The number of hydrogen-bond donors (Lipinski definition) is 0. The fraction of sp³-hybridized carbons (Fsp3) is 0.817. The van der Waals surface area contributed by atoms with Gasteiger partial charge in [-0.25, -0.2) is 0 Å². The summed E-state index contributed by atoms with van der Waals surface area (Å²) in [6.45, 7) is 6.58. The summed E-state index contributed by atoms with van der Waals surface area (Å²) < 4.78 is 16.9. The van der Waals surface area contributed by atoms with E-state index in [1.807, 2.05) is 0 Å². The normalized spacial score (nSPS) is 12.4. The van der Waals surface area contributed by atoms with Crippen LogP contribution >= 0.6 is 0 Å². The van der Waals surface area contributed by atoms with Gasteiger partial charge in [0.15, 0.2) is 6.10 Å². The highest BCUT2D eigenvalue weighted by Gasteiger charge is 2.19. The van der Waals surface area contributed by atoms with E-state index in [-0.39, 0.29) is 31.1 Å². The van der Waals surface area contributed by atoms with Gasteiger partial charge in [0.1, 0.15) is 13.2 Å². The first kappa shape index (κ1) is 74.1. The van der Waals surface area contributed by atoms with Crippen molar-refractivity contribution in [2.24, 2.45) is 0 Å². The summed E-state index contributed by atoms with van der Waals surface area (Å²) >= 11 is 0. The zero-order chi connectivity index (χ0) is 55.7. The van der Waals surface area contributed by atoms with E-state index >= 15 is 0 Å². The molecule has 0 heterocycles. The van der Waals surface area contributed by atoms with Crippen molar-refractivity contribution in [3.05, 3.63) is 60.8 Å². The lowest BCUT2D eigenvalue weighted by atomic mass is 10.0. The molecule has 77 heavy (non-hydrogen) atoms. The molecule has 0 aromatic rings. The Labute approximate surface area is 479 Å². The van der Waals surface area contributed by atoms with Crippen molar-refractivity contribution in [3.63, 3.8) is 0 Å². The molecule has 0 bridgehead atoms. The van der Waals surface area contributed by atoms with Gasteiger partial charge in [-0.1, -0.05) is 293 Å². The van der Waals surface area contributed by atoms with Gasteiger partial charge in [-0.05, 0) is 103 Å². The van der Waals surface area contributed by atoms with Gasteiger partial charge in [-0.2, -0.15) is 0 Å². The third kappa shape index (κ3) is 63.8. The Bertz CT molecular complexity index is 1380. The van der Waals surface area contributed by atoms with E-state index in [0.29, 0.717) is 19.3 Å². The Balaban J connectivity index is 4.15. The second kappa shape index (κ2) is 65.6. The number of rotatable bonds is 62. The van der Waals surface area contributed by atoms with Crippen molar-refractivity contribution < 1.29 is 28.6 Å². The van der Waals surface area contributed by atoms with Gasteiger partial charge in [0.05, 0.1) is 0 Å². The maximum Gasteiger partial charge on any atom is 0.306 e. The van der Waals surface area contributed by atoms with Crippen LogP contribution in [0.3, 0.4) is 0 Å². The van der Waals surface area contributed by atoms with E-state index in [1.165, 1.54) is 212 Å². The standard InChI is InChI=1S/C71H128O6/c1-4-7-10-13-16-19-22-25-27-28-29-30-31-32-33-34-35-36-37-38-39-40-41-42-44-46-49-52-55-58-61-64-70(73)76-67-68(66-75-69(72)63-60-57-54-51-48-45-24-21-18-15-12-9-6-3)77-71(74)65-62-59-56-53-50-47-43-26-23-20-17-14-11-8-5-2/h12,15,21-22,24-26,28-29,43,68H,4-11,13-14,16-20,23,27,30-42,44-67H2,1-3H3/b15-12-,24-21-,25-22-,29-28-,43-26-. The predicted octanol–water partition coefficient (Wildman–Crippen LogP) is 23.1. The van der Waals surface area contributed by atoms with Crippen LogP contribution in [-0.4, -0.2) is 37.2 Å². The van der Waals surface area contributed by atoms with Crippen molar-refractivity contribution >= 4 is 17.9 Å². The molecule has 0 aromatic heterocycles. The molecule has 448 valence electrons. The van der Waals surface area contributed by atoms with Crippen LogP contribution in [0.2, 0.25) is 0 Å². The molecule has 6 heteroatoms. The van der Waals surface area contributed by atoms with Crippen LogP contribution in [0.4, 0.5) is 0 Å². The molecule has 0 aromatic carbocycles. The minimum absolute atomic E-state index is 0.0789. The minimum Gasteiger partial charge on any atom is -0.462 e. The quantitative estimate of drug-likeness (QED) is 0.0261. The summed E-state index contributed by atoms with van der Waals surface area (Å²) in [5.74, 6) is -0.884. The Morgan fingerprint density at radius 3 is 0.779 bits per heavy atom. The van der Waals surface area contributed by atoms with Gasteiger partial charge < -0.3 is 14.2 Å². The highest BCUT2D eigenvalue weighted by atomic mass is 16.6. The SMILES string of the molecule is CCC/C=C\C/C=C\CCCCCCCC(=O)OCC(COC(=O)CCCCCCCCCCCCCCCCCCCCC/C=C\C/C=C\CCCCCCC)OC(=O)CCCCCCC/C=C\CCCCCCCC. The molecule has 0 spiro atoms. The molecule has 0 saturated heterocycles. The first-order valence-electron chi connectivity index (χ1n) is 33.8. The summed E-state index contributed by atoms with van der Waals surface area (Å²) in [4.78, 5) is 38.3. The molecular weight excluding hydrogens is 949 g/mol. The second-order valence-corrected chi connectivity index (χ2v) is 22.7. The lowest BCUT2D eigenvalue weighted by Gasteiger charge is -2.18. The Morgan fingerprint density at radius 2 is 0.494 bits per heavy atom. The molecule has 1 atom stereocenters. The van der Waals surface area contributed by atoms with E-state index in [4.69, 9.17) is 14.2 Å². The van der Waals surface area contributed by atoms with E-state index in [1.54, 1.807) is 0 Å².